The van der Waals surface area contributed by atoms with Crippen molar-refractivity contribution in [2.45, 2.75) is 18.4 Å². The van der Waals surface area contributed by atoms with Crippen molar-refractivity contribution >= 4 is 27.6 Å². The van der Waals surface area contributed by atoms with Crippen molar-refractivity contribution in [2.75, 3.05) is 18.4 Å². The second-order valence-electron chi connectivity index (χ2n) is 7.37. The van der Waals surface area contributed by atoms with Crippen molar-refractivity contribution in [1.82, 2.24) is 4.90 Å². The summed E-state index contributed by atoms with van der Waals surface area (Å²) in [7, 11) is -2.50. The van der Waals surface area contributed by atoms with Crippen LogP contribution >= 0.6 is 0 Å². The molecule has 0 heterocycles. The van der Waals surface area contributed by atoms with E-state index in [4.69, 9.17) is 4.74 Å². The first kappa shape index (κ1) is 23.9. The molecule has 0 aliphatic rings. The maximum atomic E-state index is 13.4. The predicted octanol–water partition coefficient (Wildman–Crippen LogP) is 3.75. The van der Waals surface area contributed by atoms with Crippen molar-refractivity contribution < 1.29 is 27.1 Å². The summed E-state index contributed by atoms with van der Waals surface area (Å²) in [5.41, 5.74) is 1.07. The summed E-state index contributed by atoms with van der Waals surface area (Å²) in [5, 5.41) is 0. The monoisotopic (exact) mass is 470 g/mol. The number of anilines is 1. The summed E-state index contributed by atoms with van der Waals surface area (Å²) in [6.45, 7) is 1.32. The third-order valence-corrected chi connectivity index (χ3v) is 6.36. The number of amides is 1. The molecule has 3 aromatic rings. The fourth-order valence-electron chi connectivity index (χ4n) is 3.12. The van der Waals surface area contributed by atoms with E-state index >= 15 is 0 Å². The fourth-order valence-corrected chi connectivity index (χ4v) is 4.43. The molecule has 0 unspecified atom stereocenters. The van der Waals surface area contributed by atoms with Gasteiger partial charge in [-0.05, 0) is 48.4 Å². The molecule has 3 rings (SSSR count). The summed E-state index contributed by atoms with van der Waals surface area (Å²) in [6, 6.07) is 18.5. The van der Waals surface area contributed by atoms with Gasteiger partial charge < -0.3 is 9.64 Å². The second-order valence-corrected chi connectivity index (χ2v) is 9.02. The van der Waals surface area contributed by atoms with Gasteiger partial charge in [0.1, 0.15) is 5.82 Å². The van der Waals surface area contributed by atoms with Crippen LogP contribution in [0.5, 0.6) is 0 Å². The molecule has 0 bridgehead atoms. The second kappa shape index (κ2) is 10.3. The number of carbonyl (C=O) groups is 2. The van der Waals surface area contributed by atoms with Crippen LogP contribution in [0.1, 0.15) is 21.5 Å². The summed E-state index contributed by atoms with van der Waals surface area (Å²) in [4.78, 5) is 26.3. The van der Waals surface area contributed by atoms with Crippen molar-refractivity contribution in [2.24, 2.45) is 0 Å². The zero-order valence-corrected chi connectivity index (χ0v) is 18.9. The Bertz CT molecular complexity index is 1260. The first-order valence-corrected chi connectivity index (χ1v) is 11.5. The van der Waals surface area contributed by atoms with E-state index in [2.05, 4.69) is 4.72 Å². The van der Waals surface area contributed by atoms with Crippen LogP contribution in [0.4, 0.5) is 10.1 Å². The van der Waals surface area contributed by atoms with Gasteiger partial charge in [0.25, 0.3) is 15.9 Å². The number of nitrogens with zero attached hydrogens (tertiary/aromatic N) is 1. The number of nitrogens with one attached hydrogen (secondary N) is 1. The van der Waals surface area contributed by atoms with Crippen LogP contribution in [0.2, 0.25) is 0 Å². The fraction of sp³-hybridized carbons (Fsp3) is 0.167. The van der Waals surface area contributed by atoms with Crippen molar-refractivity contribution in [3.8, 4) is 0 Å². The summed E-state index contributed by atoms with van der Waals surface area (Å²) < 4.78 is 46.4. The van der Waals surface area contributed by atoms with Gasteiger partial charge >= 0.3 is 5.97 Å². The van der Waals surface area contributed by atoms with E-state index in [9.17, 15) is 22.4 Å². The number of ether oxygens (including phenoxy) is 1. The van der Waals surface area contributed by atoms with E-state index in [1.54, 1.807) is 19.2 Å². The molecule has 33 heavy (non-hydrogen) atoms. The highest BCUT2D eigenvalue weighted by molar-refractivity contribution is 7.92. The van der Waals surface area contributed by atoms with E-state index in [0.717, 1.165) is 23.8 Å². The average molecular weight is 471 g/mol. The summed E-state index contributed by atoms with van der Waals surface area (Å²) in [6.07, 6.45) is 0. The average Bonchev–Trinajstić information content (AvgIpc) is 2.77. The molecule has 0 saturated carbocycles. The topological polar surface area (TPSA) is 92.8 Å². The number of para-hydroxylation sites is 1. The van der Waals surface area contributed by atoms with Crippen LogP contribution < -0.4 is 4.72 Å². The lowest BCUT2D eigenvalue weighted by Gasteiger charge is -2.18. The van der Waals surface area contributed by atoms with Crippen LogP contribution in [-0.2, 0) is 26.1 Å². The maximum Gasteiger partial charge on any atom is 0.340 e. The molecule has 7 nitrogen and oxygen atoms in total. The molecule has 1 amide bonds. The third kappa shape index (κ3) is 6.17. The van der Waals surface area contributed by atoms with Crippen LogP contribution in [0, 0.1) is 12.7 Å². The molecule has 0 radical (unpaired) electrons. The lowest BCUT2D eigenvalue weighted by atomic mass is 10.2. The smallest absolute Gasteiger partial charge is 0.340 e. The van der Waals surface area contributed by atoms with Crippen LogP contribution in [0.15, 0.2) is 77.7 Å². The minimum absolute atomic E-state index is 0.0173. The largest absolute Gasteiger partial charge is 0.452 e. The van der Waals surface area contributed by atoms with E-state index in [0.29, 0.717) is 6.54 Å². The molecule has 0 aliphatic heterocycles. The normalized spacial score (nSPS) is 11.0. The van der Waals surface area contributed by atoms with Gasteiger partial charge in [-0.2, -0.15) is 0 Å². The molecule has 0 aliphatic carbocycles. The molecule has 9 heteroatoms. The number of sulfonamides is 1. The molecular weight excluding hydrogens is 447 g/mol. The minimum atomic E-state index is -4.10. The Hall–Kier alpha value is -3.72. The number of aryl methyl sites for hydroxylation is 1. The number of benzene rings is 3. The van der Waals surface area contributed by atoms with Gasteiger partial charge in [-0.25, -0.2) is 17.6 Å². The molecular formula is C24H23FN2O5S. The Labute approximate surface area is 191 Å². The highest BCUT2D eigenvalue weighted by Gasteiger charge is 2.22. The molecule has 0 aromatic heterocycles. The van der Waals surface area contributed by atoms with Crippen LogP contribution in [0.25, 0.3) is 0 Å². The van der Waals surface area contributed by atoms with Crippen LogP contribution in [-0.4, -0.2) is 38.8 Å². The molecule has 3 aromatic carbocycles. The highest BCUT2D eigenvalue weighted by atomic mass is 32.2. The SMILES string of the molecule is Cc1cc(F)ccc1S(=O)(=O)Nc1ccccc1C(=O)OCC(=O)N(C)Cc1ccccc1. The van der Waals surface area contributed by atoms with E-state index in [1.807, 2.05) is 30.3 Å². The molecule has 0 saturated heterocycles. The standard InChI is InChI=1S/C24H23FN2O5S/c1-17-14-19(25)12-13-22(17)33(30,31)26-21-11-7-6-10-20(21)24(29)32-16-23(28)27(2)15-18-8-4-3-5-9-18/h3-14,26H,15-16H2,1-2H3. The number of hydrogen-bond acceptors (Lipinski definition) is 5. The Balaban J connectivity index is 1.69. The molecule has 172 valence electrons. The van der Waals surface area contributed by atoms with Crippen molar-refractivity contribution in [1.29, 1.82) is 0 Å². The number of esters is 1. The van der Waals surface area contributed by atoms with Gasteiger partial charge in [-0.3, -0.25) is 9.52 Å². The number of carbonyl (C=O) groups excluding carboxylic acids is 2. The first-order valence-electron chi connectivity index (χ1n) is 10.0. The number of halogens is 1. The maximum absolute atomic E-state index is 13.4. The van der Waals surface area contributed by atoms with Crippen molar-refractivity contribution in [3.05, 3.63) is 95.3 Å². The Kier molecular flexibility index (Phi) is 7.44. The molecule has 0 fully saturated rings. The van der Waals surface area contributed by atoms with Gasteiger partial charge in [-0.1, -0.05) is 42.5 Å². The predicted molar refractivity (Wildman–Crippen MR) is 122 cm³/mol. The van der Waals surface area contributed by atoms with E-state index in [1.165, 1.54) is 24.0 Å². The lowest BCUT2D eigenvalue weighted by molar-refractivity contribution is -0.133. The summed E-state index contributed by atoms with van der Waals surface area (Å²) >= 11 is 0. The number of likely N-dealkylation sites (N-methyl/N-ethyl adjacent to an activating group) is 1. The van der Waals surface area contributed by atoms with Gasteiger partial charge in [0.15, 0.2) is 6.61 Å². The summed E-state index contributed by atoms with van der Waals surface area (Å²) in [5.74, 6) is -1.82. The zero-order valence-electron chi connectivity index (χ0n) is 18.1. The van der Waals surface area contributed by atoms with E-state index < -0.39 is 34.3 Å². The van der Waals surface area contributed by atoms with Crippen LogP contribution in [0.3, 0.4) is 0 Å². The minimum Gasteiger partial charge on any atom is -0.452 e. The van der Waals surface area contributed by atoms with Crippen molar-refractivity contribution in [3.63, 3.8) is 0 Å². The Morgan fingerprint density at radius 3 is 2.36 bits per heavy atom. The Morgan fingerprint density at radius 2 is 1.67 bits per heavy atom. The van der Waals surface area contributed by atoms with Gasteiger partial charge in [0, 0.05) is 13.6 Å². The zero-order chi connectivity index (χ0) is 24.0. The highest BCUT2D eigenvalue weighted by Crippen LogP contribution is 2.23. The quantitative estimate of drug-likeness (QED) is 0.506. The third-order valence-electron chi connectivity index (χ3n) is 4.83. The first-order chi connectivity index (χ1) is 15.7. The number of hydrogen-bond donors (Lipinski definition) is 1. The van der Waals surface area contributed by atoms with Gasteiger partial charge in [0.05, 0.1) is 16.1 Å². The number of rotatable bonds is 8. The molecule has 0 spiro atoms. The molecule has 0 atom stereocenters. The van der Waals surface area contributed by atoms with Gasteiger partial charge in [-0.15, -0.1) is 0 Å². The van der Waals surface area contributed by atoms with E-state index in [-0.39, 0.29) is 21.7 Å². The lowest BCUT2D eigenvalue weighted by Crippen LogP contribution is -2.31. The van der Waals surface area contributed by atoms with Gasteiger partial charge in [0.2, 0.25) is 0 Å². The molecule has 1 N–H and O–H groups in total. The Morgan fingerprint density at radius 1 is 1.00 bits per heavy atom.